The van der Waals surface area contributed by atoms with Crippen molar-refractivity contribution in [1.82, 2.24) is 40.2 Å². The summed E-state index contributed by atoms with van der Waals surface area (Å²) in [6.45, 7) is 5.72. The number of aromatic nitrogens is 4. The number of nitrogen functional groups attached to an aromatic ring is 1. The van der Waals surface area contributed by atoms with Crippen LogP contribution in [0.1, 0.15) is 91.0 Å². The second kappa shape index (κ2) is 20.0. The summed E-state index contributed by atoms with van der Waals surface area (Å²) in [6, 6.07) is 21.6. The molecule has 4 aliphatic rings. The molecule has 0 spiro atoms. The third-order valence-electron chi connectivity index (χ3n) is 13.2. The van der Waals surface area contributed by atoms with Crippen LogP contribution >= 0.6 is 0 Å². The summed E-state index contributed by atoms with van der Waals surface area (Å²) in [6.07, 6.45) is 12.4. The Bertz CT molecular complexity index is 2630. The Kier molecular flexibility index (Phi) is 13.4. The number of piperidine rings is 1. The molecule has 3 aromatic carbocycles. The molecule has 5 aromatic rings. The highest BCUT2D eigenvalue weighted by Crippen LogP contribution is 2.38. The zero-order valence-electron chi connectivity index (χ0n) is 37.0. The lowest BCUT2D eigenvalue weighted by atomic mass is 9.86. The van der Waals surface area contributed by atoms with E-state index in [9.17, 15) is 24.0 Å². The summed E-state index contributed by atoms with van der Waals surface area (Å²) in [5, 5.41) is 14.0. The summed E-state index contributed by atoms with van der Waals surface area (Å²) in [7, 11) is 0. The molecular formula is C49H56N11O6+. The zero-order chi connectivity index (χ0) is 45.6. The smallest absolute Gasteiger partial charge is 0.264 e. The van der Waals surface area contributed by atoms with E-state index in [0.717, 1.165) is 123 Å². The summed E-state index contributed by atoms with van der Waals surface area (Å²) >= 11 is 0. The van der Waals surface area contributed by atoms with Crippen LogP contribution in [0.5, 0.6) is 11.5 Å². The van der Waals surface area contributed by atoms with E-state index in [1.165, 1.54) is 12.4 Å². The summed E-state index contributed by atoms with van der Waals surface area (Å²) in [5.74, 6) is -0.0184. The summed E-state index contributed by atoms with van der Waals surface area (Å²) in [5.41, 5.74) is 9.59. The van der Waals surface area contributed by atoms with Gasteiger partial charge in [0.05, 0.1) is 42.2 Å². The number of rotatable bonds is 16. The molecule has 5 N–H and O–H groups in total. The normalized spacial score (nSPS) is 20.0. The number of carbonyl (C=O) groups is 5. The lowest BCUT2D eigenvalue weighted by Gasteiger charge is -2.28. The van der Waals surface area contributed by atoms with Crippen molar-refractivity contribution in [2.75, 3.05) is 56.9 Å². The number of carbonyl (C=O) groups excluding carboxylic acids is 5. The minimum Gasteiger partial charge on any atom is -0.457 e. The summed E-state index contributed by atoms with van der Waals surface area (Å²) in [4.78, 5) is 75.5. The van der Waals surface area contributed by atoms with Gasteiger partial charge in [-0.3, -0.25) is 39.1 Å². The maximum Gasteiger partial charge on any atom is 0.264 e. The van der Waals surface area contributed by atoms with E-state index in [-0.39, 0.29) is 42.5 Å². The van der Waals surface area contributed by atoms with Crippen molar-refractivity contribution < 1.29 is 33.3 Å². The molecule has 5 heterocycles. The van der Waals surface area contributed by atoms with Crippen LogP contribution < -0.4 is 26.4 Å². The lowest BCUT2D eigenvalue weighted by Crippen LogP contribution is -2.54. The van der Waals surface area contributed by atoms with E-state index < -0.39 is 29.7 Å². The van der Waals surface area contributed by atoms with Gasteiger partial charge in [-0.25, -0.2) is 19.2 Å². The van der Waals surface area contributed by atoms with Crippen LogP contribution in [-0.4, -0.2) is 122 Å². The van der Waals surface area contributed by atoms with E-state index in [2.05, 4.69) is 46.3 Å². The molecule has 2 aromatic heterocycles. The number of ether oxygens (including phenoxy) is 1. The molecule has 1 saturated carbocycles. The van der Waals surface area contributed by atoms with Gasteiger partial charge in [-0.2, -0.15) is 5.10 Å². The SMILES string of the molecule is Nc1ncnc2c1c(-c1ccc(Oc3ccccc3)cc1)nn2C1CCC(C=[N+]2CCN(CCCCCCNC(=O)CNc3cccc4c3C(=O)N(C3CCC(=O)NC3=O)C4=O)CC2)CC1. The molecule has 9 rings (SSSR count). The third kappa shape index (κ3) is 9.80. The minimum atomic E-state index is -1.05. The number of fused-ring (bicyclic) bond motifs is 2. The monoisotopic (exact) mass is 894 g/mol. The highest BCUT2D eigenvalue weighted by molar-refractivity contribution is 6.25. The van der Waals surface area contributed by atoms with Gasteiger partial charge in [0, 0.05) is 30.1 Å². The topological polar surface area (TPSA) is 210 Å². The van der Waals surface area contributed by atoms with Crippen LogP contribution in [0, 0.1) is 5.92 Å². The number of imide groups is 2. The van der Waals surface area contributed by atoms with E-state index in [0.29, 0.717) is 24.0 Å². The first-order valence-electron chi connectivity index (χ1n) is 23.2. The molecule has 17 nitrogen and oxygen atoms in total. The lowest BCUT2D eigenvalue weighted by molar-refractivity contribution is -0.537. The fraction of sp³-hybridized carbons (Fsp3) is 0.408. The van der Waals surface area contributed by atoms with E-state index in [1.807, 2.05) is 54.6 Å². The summed E-state index contributed by atoms with van der Waals surface area (Å²) < 4.78 is 10.6. The van der Waals surface area contributed by atoms with Gasteiger partial charge in [-0.1, -0.05) is 37.1 Å². The van der Waals surface area contributed by atoms with Gasteiger partial charge in [-0.15, -0.1) is 0 Å². The Morgan fingerprint density at radius 1 is 0.848 bits per heavy atom. The van der Waals surface area contributed by atoms with Gasteiger partial charge in [0.15, 0.2) is 18.7 Å². The van der Waals surface area contributed by atoms with Gasteiger partial charge in [0.2, 0.25) is 17.7 Å². The van der Waals surface area contributed by atoms with Crippen molar-refractivity contribution >= 4 is 58.3 Å². The number of unbranched alkanes of at least 4 members (excludes halogenated alkanes) is 3. The van der Waals surface area contributed by atoms with Crippen molar-refractivity contribution in [2.45, 2.75) is 76.3 Å². The van der Waals surface area contributed by atoms with Crippen molar-refractivity contribution in [1.29, 1.82) is 0 Å². The van der Waals surface area contributed by atoms with E-state index >= 15 is 0 Å². The molecule has 1 aliphatic carbocycles. The molecule has 1 unspecified atom stereocenters. The first-order valence-corrected chi connectivity index (χ1v) is 23.2. The highest BCUT2D eigenvalue weighted by atomic mass is 16.5. The number of hydrogen-bond acceptors (Lipinski definition) is 12. The number of benzene rings is 3. The van der Waals surface area contributed by atoms with Crippen molar-refractivity contribution in [2.24, 2.45) is 5.92 Å². The third-order valence-corrected chi connectivity index (χ3v) is 13.2. The molecule has 3 fully saturated rings. The standard InChI is InChI=1S/C49H55N11O6/c50-45-43-44(33-15-19-36(20-16-33)66-35-9-4-3-5-10-35)56-60(46(43)54-31-53-45)34-17-13-32(14-18-34)30-58-27-25-57(26-28-58)24-7-2-1-6-23-51-41(62)29-52-38-12-8-11-37-42(38)49(65)59(48(37)64)39-21-22-40(61)55-47(39)63/h3-5,8-12,15-16,19-20,30-32,34,39H,1-2,6-7,13-14,17-18,21-29H2,(H4-,50,51,52,53,54,55,56,61,62,63,65)/p+1. The Labute approximate surface area is 382 Å². The van der Waals surface area contributed by atoms with Crippen LogP contribution in [0.4, 0.5) is 11.5 Å². The van der Waals surface area contributed by atoms with Crippen LogP contribution in [0.15, 0.2) is 79.1 Å². The number of anilines is 2. The fourth-order valence-corrected chi connectivity index (χ4v) is 9.63. The van der Waals surface area contributed by atoms with E-state index in [4.69, 9.17) is 15.6 Å². The maximum atomic E-state index is 13.3. The molecule has 342 valence electrons. The first kappa shape index (κ1) is 44.2. The molecule has 2 saturated heterocycles. The maximum absolute atomic E-state index is 13.3. The number of piperazine rings is 1. The van der Waals surface area contributed by atoms with Gasteiger partial charge < -0.3 is 21.1 Å². The van der Waals surface area contributed by atoms with Crippen LogP contribution in [0.25, 0.3) is 22.3 Å². The predicted octanol–water partition coefficient (Wildman–Crippen LogP) is 5.19. The Hall–Kier alpha value is -7.01. The van der Waals surface area contributed by atoms with Crippen molar-refractivity contribution in [3.63, 3.8) is 0 Å². The van der Waals surface area contributed by atoms with Crippen LogP contribution in [0.2, 0.25) is 0 Å². The molecule has 1 atom stereocenters. The number of para-hydroxylation sites is 1. The van der Waals surface area contributed by atoms with Gasteiger partial charge >= 0.3 is 0 Å². The second-order valence-corrected chi connectivity index (χ2v) is 17.6. The van der Waals surface area contributed by atoms with E-state index in [1.54, 1.807) is 12.1 Å². The average molecular weight is 895 g/mol. The Morgan fingerprint density at radius 2 is 1.61 bits per heavy atom. The number of hydrogen-bond donors (Lipinski definition) is 4. The van der Waals surface area contributed by atoms with Crippen LogP contribution in [-0.2, 0) is 14.4 Å². The van der Waals surface area contributed by atoms with Crippen molar-refractivity contribution in [3.05, 3.63) is 90.3 Å². The number of nitrogens with zero attached hydrogens (tertiary/aromatic N) is 7. The number of nitrogens with one attached hydrogen (secondary N) is 3. The molecule has 5 amide bonds. The molecular weight excluding hydrogens is 839 g/mol. The molecule has 17 heteroatoms. The van der Waals surface area contributed by atoms with Gasteiger partial charge in [0.25, 0.3) is 11.8 Å². The molecule has 3 aliphatic heterocycles. The number of amides is 5. The molecule has 0 bridgehead atoms. The van der Waals surface area contributed by atoms with Crippen LogP contribution in [0.3, 0.4) is 0 Å². The van der Waals surface area contributed by atoms with Gasteiger partial charge in [-0.05, 0) is 100 Å². The Morgan fingerprint density at radius 3 is 2.38 bits per heavy atom. The predicted molar refractivity (Wildman–Crippen MR) is 248 cm³/mol. The highest BCUT2D eigenvalue weighted by Gasteiger charge is 2.45. The molecule has 0 radical (unpaired) electrons. The largest absolute Gasteiger partial charge is 0.457 e. The Balaban J connectivity index is 0.665. The minimum absolute atomic E-state index is 0.0455. The fourth-order valence-electron chi connectivity index (χ4n) is 9.63. The zero-order valence-corrected chi connectivity index (χ0v) is 37.0. The number of nitrogens with two attached hydrogens (primary N) is 1. The average Bonchev–Trinajstić information content (AvgIpc) is 3.84. The second-order valence-electron chi connectivity index (χ2n) is 17.6. The van der Waals surface area contributed by atoms with Gasteiger partial charge in [0.1, 0.15) is 41.6 Å². The first-order chi connectivity index (χ1) is 32.2. The van der Waals surface area contributed by atoms with Crippen molar-refractivity contribution in [3.8, 4) is 22.8 Å². The molecule has 66 heavy (non-hydrogen) atoms. The quantitative estimate of drug-likeness (QED) is 0.0574.